The highest BCUT2D eigenvalue weighted by atomic mass is 19.3. The molecule has 2 rings (SSSR count). The summed E-state index contributed by atoms with van der Waals surface area (Å²) in [5.41, 5.74) is 6.54. The number of nitrogens with zero attached hydrogens (tertiary/aromatic N) is 1. The Morgan fingerprint density at radius 3 is 2.69 bits per heavy atom. The number of nitrogens with two attached hydrogens (primary N) is 1. The predicted octanol–water partition coefficient (Wildman–Crippen LogP) is 3.05. The molecular weight excluding hydrogens is 210 g/mol. The van der Waals surface area contributed by atoms with Gasteiger partial charge < -0.3 is 10.6 Å². The van der Waals surface area contributed by atoms with Crippen LogP contribution in [0.15, 0.2) is 18.2 Å². The molecule has 0 aliphatic heterocycles. The summed E-state index contributed by atoms with van der Waals surface area (Å²) in [5.74, 6) is 0.674. The smallest absolute Gasteiger partial charge is 0.265 e. The van der Waals surface area contributed by atoms with Crippen LogP contribution in [0.5, 0.6) is 0 Å². The Labute approximate surface area is 94.0 Å². The van der Waals surface area contributed by atoms with Crippen molar-refractivity contribution in [1.29, 1.82) is 0 Å². The van der Waals surface area contributed by atoms with Gasteiger partial charge in [0.15, 0.2) is 0 Å². The average Bonchev–Trinajstić information content (AvgIpc) is 3.01. The maximum atomic E-state index is 12.8. The highest BCUT2D eigenvalue weighted by Crippen LogP contribution is 2.35. The van der Waals surface area contributed by atoms with Crippen molar-refractivity contribution in [3.8, 4) is 0 Å². The van der Waals surface area contributed by atoms with E-state index in [4.69, 9.17) is 5.73 Å². The Morgan fingerprint density at radius 1 is 1.44 bits per heavy atom. The predicted molar refractivity (Wildman–Crippen MR) is 61.8 cm³/mol. The van der Waals surface area contributed by atoms with Crippen LogP contribution in [0.2, 0.25) is 0 Å². The molecule has 0 radical (unpaired) electrons. The minimum Gasteiger partial charge on any atom is -0.399 e. The number of halogens is 2. The lowest BCUT2D eigenvalue weighted by Crippen LogP contribution is -2.21. The van der Waals surface area contributed by atoms with Crippen LogP contribution in [0.1, 0.15) is 24.8 Å². The molecule has 0 atom stereocenters. The highest BCUT2D eigenvalue weighted by molar-refractivity contribution is 5.60. The largest absolute Gasteiger partial charge is 0.399 e. The maximum Gasteiger partial charge on any atom is 0.265 e. The monoisotopic (exact) mass is 226 g/mol. The Hall–Kier alpha value is -1.32. The van der Waals surface area contributed by atoms with E-state index in [1.165, 1.54) is 18.9 Å². The molecule has 1 aliphatic rings. The van der Waals surface area contributed by atoms with Crippen LogP contribution in [0.25, 0.3) is 0 Å². The Bertz CT molecular complexity index is 375. The van der Waals surface area contributed by atoms with E-state index in [9.17, 15) is 8.78 Å². The number of benzene rings is 1. The van der Waals surface area contributed by atoms with Gasteiger partial charge in [0.1, 0.15) is 0 Å². The second-order valence-corrected chi connectivity index (χ2v) is 4.44. The summed E-state index contributed by atoms with van der Waals surface area (Å²) in [7, 11) is 1.86. The van der Waals surface area contributed by atoms with Gasteiger partial charge in [0.2, 0.25) is 0 Å². The molecule has 1 aromatic rings. The first-order valence-electron chi connectivity index (χ1n) is 5.46. The topological polar surface area (TPSA) is 29.3 Å². The molecular formula is C12H16F2N2. The second-order valence-electron chi connectivity index (χ2n) is 4.44. The number of nitrogen functional groups attached to an aromatic ring is 1. The first kappa shape index (κ1) is 11.2. The van der Waals surface area contributed by atoms with Crippen molar-refractivity contribution >= 4 is 11.4 Å². The van der Waals surface area contributed by atoms with E-state index in [2.05, 4.69) is 0 Å². The van der Waals surface area contributed by atoms with Crippen molar-refractivity contribution in [1.82, 2.24) is 0 Å². The summed E-state index contributed by atoms with van der Waals surface area (Å²) in [6, 6.07) is 4.72. The molecule has 1 aromatic carbocycles. The molecule has 0 unspecified atom stereocenters. The van der Waals surface area contributed by atoms with Crippen molar-refractivity contribution in [3.63, 3.8) is 0 Å². The second kappa shape index (κ2) is 4.28. The molecule has 0 amide bonds. The van der Waals surface area contributed by atoms with Crippen molar-refractivity contribution < 1.29 is 8.78 Å². The standard InChI is InChI=1S/C12H16F2N2/c1-16(7-8-2-3-8)11-5-4-9(15)6-10(11)12(13)14/h4-6,8,12H,2-3,7,15H2,1H3. The molecule has 4 heteroatoms. The molecule has 1 saturated carbocycles. The third kappa shape index (κ3) is 2.43. The van der Waals surface area contributed by atoms with E-state index >= 15 is 0 Å². The molecule has 1 aliphatic carbocycles. The maximum absolute atomic E-state index is 12.8. The summed E-state index contributed by atoms with van der Waals surface area (Å²) < 4.78 is 25.7. The van der Waals surface area contributed by atoms with Crippen molar-refractivity contribution in [2.75, 3.05) is 24.2 Å². The quantitative estimate of drug-likeness (QED) is 0.799. The van der Waals surface area contributed by atoms with Gasteiger partial charge in [0.25, 0.3) is 6.43 Å². The summed E-state index contributed by atoms with van der Waals surface area (Å²) in [6.07, 6.45) is -0.0488. The van der Waals surface area contributed by atoms with Crippen LogP contribution in [0, 0.1) is 5.92 Å². The van der Waals surface area contributed by atoms with Crippen LogP contribution >= 0.6 is 0 Å². The zero-order valence-corrected chi connectivity index (χ0v) is 9.29. The molecule has 2 nitrogen and oxygen atoms in total. The fourth-order valence-electron chi connectivity index (χ4n) is 1.88. The van der Waals surface area contributed by atoms with Gasteiger partial charge in [-0.2, -0.15) is 0 Å². The molecule has 0 heterocycles. The lowest BCUT2D eigenvalue weighted by molar-refractivity contribution is 0.152. The van der Waals surface area contributed by atoms with Crippen molar-refractivity contribution in [2.45, 2.75) is 19.3 Å². The number of anilines is 2. The summed E-state index contributed by atoms with van der Waals surface area (Å²) in [4.78, 5) is 1.90. The SMILES string of the molecule is CN(CC1CC1)c1ccc(N)cc1C(F)F. The molecule has 0 bridgehead atoms. The number of hydrogen-bond donors (Lipinski definition) is 1. The molecule has 0 aromatic heterocycles. The van der Waals surface area contributed by atoms with Crippen molar-refractivity contribution in [3.05, 3.63) is 23.8 Å². The fraction of sp³-hybridized carbons (Fsp3) is 0.500. The van der Waals surface area contributed by atoms with Crippen LogP contribution in [0.4, 0.5) is 20.2 Å². The Balaban J connectivity index is 2.23. The van der Waals surface area contributed by atoms with Gasteiger partial charge in [-0.1, -0.05) is 0 Å². The van der Waals surface area contributed by atoms with Crippen LogP contribution < -0.4 is 10.6 Å². The minimum atomic E-state index is -2.47. The third-order valence-electron chi connectivity index (χ3n) is 2.93. The van der Waals surface area contributed by atoms with E-state index in [0.29, 0.717) is 17.3 Å². The molecule has 16 heavy (non-hydrogen) atoms. The molecule has 88 valence electrons. The van der Waals surface area contributed by atoms with Crippen molar-refractivity contribution in [2.24, 2.45) is 5.92 Å². The van der Waals surface area contributed by atoms with Gasteiger partial charge in [0, 0.05) is 30.5 Å². The summed E-state index contributed by atoms with van der Waals surface area (Å²) in [5, 5.41) is 0. The third-order valence-corrected chi connectivity index (χ3v) is 2.93. The van der Waals surface area contributed by atoms with Gasteiger partial charge in [0.05, 0.1) is 0 Å². The van der Waals surface area contributed by atoms with Crippen LogP contribution in [0.3, 0.4) is 0 Å². The molecule has 2 N–H and O–H groups in total. The zero-order chi connectivity index (χ0) is 11.7. The number of rotatable bonds is 4. The van der Waals surface area contributed by atoms with E-state index < -0.39 is 6.43 Å². The Kier molecular flexibility index (Phi) is 2.99. The van der Waals surface area contributed by atoms with E-state index in [-0.39, 0.29) is 5.56 Å². The van der Waals surface area contributed by atoms with Gasteiger partial charge >= 0.3 is 0 Å². The van der Waals surface area contributed by atoms with Gasteiger partial charge in [-0.05, 0) is 37.0 Å². The average molecular weight is 226 g/mol. The van der Waals surface area contributed by atoms with Gasteiger partial charge in [-0.3, -0.25) is 0 Å². The van der Waals surface area contributed by atoms with E-state index in [1.54, 1.807) is 12.1 Å². The highest BCUT2D eigenvalue weighted by Gasteiger charge is 2.25. The lowest BCUT2D eigenvalue weighted by atomic mass is 10.1. The summed E-state index contributed by atoms with van der Waals surface area (Å²) >= 11 is 0. The Morgan fingerprint density at radius 2 is 2.12 bits per heavy atom. The summed E-state index contributed by atoms with van der Waals surface area (Å²) in [6.45, 7) is 0.851. The first-order valence-corrected chi connectivity index (χ1v) is 5.46. The lowest BCUT2D eigenvalue weighted by Gasteiger charge is -2.22. The molecule has 0 saturated heterocycles. The normalized spacial score (nSPS) is 15.5. The van der Waals surface area contributed by atoms with Crippen LogP contribution in [-0.4, -0.2) is 13.6 Å². The van der Waals surface area contributed by atoms with E-state index in [0.717, 1.165) is 6.54 Å². The first-order chi connectivity index (χ1) is 7.58. The molecule has 1 fully saturated rings. The number of alkyl halides is 2. The van der Waals surface area contributed by atoms with Crippen LogP contribution in [-0.2, 0) is 0 Å². The van der Waals surface area contributed by atoms with Gasteiger partial charge in [-0.15, -0.1) is 0 Å². The minimum absolute atomic E-state index is 0.0307. The zero-order valence-electron chi connectivity index (χ0n) is 9.29. The van der Waals surface area contributed by atoms with Gasteiger partial charge in [-0.25, -0.2) is 8.78 Å². The number of hydrogen-bond acceptors (Lipinski definition) is 2. The van der Waals surface area contributed by atoms with E-state index in [1.807, 2.05) is 11.9 Å². The molecule has 0 spiro atoms. The fourth-order valence-corrected chi connectivity index (χ4v) is 1.88.